The first-order valence-electron chi connectivity index (χ1n) is 12.1. The van der Waals surface area contributed by atoms with Gasteiger partial charge in [-0.05, 0) is 36.6 Å². The number of rotatable bonds is 6. The van der Waals surface area contributed by atoms with Crippen molar-refractivity contribution < 1.29 is 14.4 Å². The quantitative estimate of drug-likeness (QED) is 0.625. The van der Waals surface area contributed by atoms with Crippen molar-refractivity contribution in [3.05, 3.63) is 71.3 Å². The SMILES string of the molecule is O=C(CN1CCN(C(=O)C2CCN(C(=O)C=Cc3ccccc3)CC2)CC1)Nc1ccccc1Cl. The Morgan fingerprint density at radius 3 is 2.20 bits per heavy atom. The fraction of sp³-hybridized carbons (Fsp3) is 0.370. The second kappa shape index (κ2) is 12.0. The first-order valence-corrected chi connectivity index (χ1v) is 12.4. The number of nitrogens with zero attached hydrogens (tertiary/aromatic N) is 3. The molecule has 7 nitrogen and oxygen atoms in total. The van der Waals surface area contributed by atoms with Crippen LogP contribution in [0.15, 0.2) is 60.7 Å². The van der Waals surface area contributed by atoms with E-state index in [1.807, 2.05) is 58.3 Å². The number of piperazine rings is 1. The van der Waals surface area contributed by atoms with Gasteiger partial charge in [-0.15, -0.1) is 0 Å². The Bertz CT molecular complexity index is 1060. The highest BCUT2D eigenvalue weighted by Crippen LogP contribution is 2.22. The summed E-state index contributed by atoms with van der Waals surface area (Å²) in [5.41, 5.74) is 1.60. The summed E-state index contributed by atoms with van der Waals surface area (Å²) in [7, 11) is 0. The molecule has 2 aromatic carbocycles. The van der Waals surface area contributed by atoms with Crippen molar-refractivity contribution in [3.63, 3.8) is 0 Å². The maximum absolute atomic E-state index is 13.0. The second-order valence-corrected chi connectivity index (χ2v) is 9.38. The fourth-order valence-corrected chi connectivity index (χ4v) is 4.71. The average Bonchev–Trinajstić information content (AvgIpc) is 2.89. The molecule has 8 heteroatoms. The predicted molar refractivity (Wildman–Crippen MR) is 138 cm³/mol. The number of para-hydroxylation sites is 1. The number of hydrogen-bond donors (Lipinski definition) is 1. The molecular weight excluding hydrogens is 464 g/mol. The van der Waals surface area contributed by atoms with Crippen molar-refractivity contribution in [2.24, 2.45) is 5.92 Å². The number of halogens is 1. The van der Waals surface area contributed by atoms with Crippen LogP contribution in [0.1, 0.15) is 18.4 Å². The summed E-state index contributed by atoms with van der Waals surface area (Å²) in [6.45, 7) is 3.98. The van der Waals surface area contributed by atoms with Crippen molar-refractivity contribution >= 4 is 41.1 Å². The van der Waals surface area contributed by atoms with Crippen LogP contribution in [-0.2, 0) is 14.4 Å². The Morgan fingerprint density at radius 2 is 1.51 bits per heavy atom. The topological polar surface area (TPSA) is 73.0 Å². The van der Waals surface area contributed by atoms with E-state index in [0.717, 1.165) is 5.56 Å². The molecule has 0 radical (unpaired) electrons. The molecule has 3 amide bonds. The van der Waals surface area contributed by atoms with Crippen LogP contribution >= 0.6 is 11.6 Å². The molecule has 0 saturated carbocycles. The zero-order valence-corrected chi connectivity index (χ0v) is 20.5. The Balaban J connectivity index is 1.18. The first-order chi connectivity index (χ1) is 17.0. The molecule has 0 aromatic heterocycles. The number of piperidine rings is 1. The third-order valence-corrected chi connectivity index (χ3v) is 6.90. The van der Waals surface area contributed by atoms with Crippen molar-refractivity contribution in [2.75, 3.05) is 51.1 Å². The maximum Gasteiger partial charge on any atom is 0.246 e. The van der Waals surface area contributed by atoms with Crippen LogP contribution in [0.25, 0.3) is 6.08 Å². The first kappa shape index (κ1) is 24.9. The summed E-state index contributed by atoms with van der Waals surface area (Å²) in [5.74, 6) is -0.0102. The molecule has 2 aromatic rings. The normalized spacial score (nSPS) is 17.5. The highest BCUT2D eigenvalue weighted by atomic mass is 35.5. The molecule has 0 atom stereocenters. The molecule has 0 aliphatic carbocycles. The Kier molecular flexibility index (Phi) is 8.55. The molecule has 35 heavy (non-hydrogen) atoms. The lowest BCUT2D eigenvalue weighted by atomic mass is 9.95. The molecule has 184 valence electrons. The lowest BCUT2D eigenvalue weighted by Gasteiger charge is -2.38. The van der Waals surface area contributed by atoms with E-state index in [-0.39, 0.29) is 30.2 Å². The van der Waals surface area contributed by atoms with Crippen molar-refractivity contribution in [3.8, 4) is 0 Å². The standard InChI is InChI=1S/C27H31ClN4O3/c28-23-8-4-5-9-24(23)29-25(33)20-30-16-18-32(19-17-30)27(35)22-12-14-31(15-13-22)26(34)11-10-21-6-2-1-3-7-21/h1-11,22H,12-20H2,(H,29,33). The van der Waals surface area contributed by atoms with E-state index in [0.29, 0.717) is 62.8 Å². The maximum atomic E-state index is 13.0. The molecule has 2 fully saturated rings. The summed E-state index contributed by atoms with van der Waals surface area (Å²) in [5, 5.41) is 3.35. The summed E-state index contributed by atoms with van der Waals surface area (Å²) < 4.78 is 0. The number of nitrogens with one attached hydrogen (secondary N) is 1. The molecule has 2 heterocycles. The lowest BCUT2D eigenvalue weighted by molar-refractivity contribution is -0.141. The average molecular weight is 495 g/mol. The van der Waals surface area contributed by atoms with E-state index < -0.39 is 0 Å². The number of benzene rings is 2. The van der Waals surface area contributed by atoms with Crippen LogP contribution in [0, 0.1) is 5.92 Å². The molecule has 2 aliphatic rings. The van der Waals surface area contributed by atoms with Crippen LogP contribution < -0.4 is 5.32 Å². The van der Waals surface area contributed by atoms with Gasteiger partial charge in [0.05, 0.1) is 17.3 Å². The van der Waals surface area contributed by atoms with Gasteiger partial charge in [-0.1, -0.05) is 54.1 Å². The summed E-state index contributed by atoms with van der Waals surface area (Å²) in [4.78, 5) is 43.7. The monoisotopic (exact) mass is 494 g/mol. The lowest BCUT2D eigenvalue weighted by Crippen LogP contribution is -2.53. The van der Waals surface area contributed by atoms with Gasteiger partial charge in [0, 0.05) is 51.3 Å². The Hall–Kier alpha value is -3.16. The summed E-state index contributed by atoms with van der Waals surface area (Å²) in [6, 6.07) is 16.9. The minimum atomic E-state index is -0.115. The molecule has 2 aliphatic heterocycles. The molecule has 0 spiro atoms. The Morgan fingerprint density at radius 1 is 0.857 bits per heavy atom. The van der Waals surface area contributed by atoms with Crippen LogP contribution in [0.3, 0.4) is 0 Å². The van der Waals surface area contributed by atoms with Gasteiger partial charge in [0.25, 0.3) is 0 Å². The number of likely N-dealkylation sites (tertiary alicyclic amines) is 1. The van der Waals surface area contributed by atoms with E-state index in [4.69, 9.17) is 11.6 Å². The highest BCUT2D eigenvalue weighted by molar-refractivity contribution is 6.33. The van der Waals surface area contributed by atoms with Gasteiger partial charge in [-0.2, -0.15) is 0 Å². The highest BCUT2D eigenvalue weighted by Gasteiger charge is 2.31. The second-order valence-electron chi connectivity index (χ2n) is 8.97. The van der Waals surface area contributed by atoms with E-state index in [2.05, 4.69) is 10.2 Å². The summed E-state index contributed by atoms with van der Waals surface area (Å²) >= 11 is 6.11. The van der Waals surface area contributed by atoms with E-state index >= 15 is 0 Å². The van der Waals surface area contributed by atoms with Gasteiger partial charge in [0.1, 0.15) is 0 Å². The van der Waals surface area contributed by atoms with Crippen molar-refractivity contribution in [2.45, 2.75) is 12.8 Å². The minimum Gasteiger partial charge on any atom is -0.340 e. The number of anilines is 1. The molecule has 0 unspecified atom stereocenters. The van der Waals surface area contributed by atoms with Gasteiger partial charge < -0.3 is 15.1 Å². The Labute approximate surface area is 211 Å². The minimum absolute atomic E-state index is 0.0107. The number of carbonyl (C=O) groups excluding carboxylic acids is 3. The van der Waals surface area contributed by atoms with E-state index in [1.54, 1.807) is 18.2 Å². The van der Waals surface area contributed by atoms with Gasteiger partial charge in [0.15, 0.2) is 0 Å². The van der Waals surface area contributed by atoms with Gasteiger partial charge >= 0.3 is 0 Å². The smallest absolute Gasteiger partial charge is 0.246 e. The van der Waals surface area contributed by atoms with Gasteiger partial charge in [-0.25, -0.2) is 0 Å². The zero-order valence-electron chi connectivity index (χ0n) is 19.7. The predicted octanol–water partition coefficient (Wildman–Crippen LogP) is 3.37. The summed E-state index contributed by atoms with van der Waals surface area (Å²) in [6.07, 6.45) is 4.81. The fourth-order valence-electron chi connectivity index (χ4n) is 4.52. The van der Waals surface area contributed by atoms with E-state index in [1.165, 1.54) is 0 Å². The number of amides is 3. The third kappa shape index (κ3) is 6.93. The van der Waals surface area contributed by atoms with Crippen LogP contribution in [0.5, 0.6) is 0 Å². The molecular formula is C27H31ClN4O3. The largest absolute Gasteiger partial charge is 0.340 e. The van der Waals surface area contributed by atoms with Crippen LogP contribution in [0.4, 0.5) is 5.69 Å². The van der Waals surface area contributed by atoms with Crippen LogP contribution in [0.2, 0.25) is 5.02 Å². The van der Waals surface area contributed by atoms with Gasteiger partial charge in [0.2, 0.25) is 17.7 Å². The van der Waals surface area contributed by atoms with E-state index in [9.17, 15) is 14.4 Å². The number of carbonyl (C=O) groups is 3. The van der Waals surface area contributed by atoms with Gasteiger partial charge in [-0.3, -0.25) is 19.3 Å². The molecule has 2 saturated heterocycles. The van der Waals surface area contributed by atoms with Crippen molar-refractivity contribution in [1.29, 1.82) is 0 Å². The third-order valence-electron chi connectivity index (χ3n) is 6.57. The number of hydrogen-bond acceptors (Lipinski definition) is 4. The molecule has 0 bridgehead atoms. The molecule has 4 rings (SSSR count). The van der Waals surface area contributed by atoms with Crippen molar-refractivity contribution in [1.82, 2.24) is 14.7 Å². The zero-order chi connectivity index (χ0) is 24.6. The molecule has 1 N–H and O–H groups in total. The van der Waals surface area contributed by atoms with Crippen LogP contribution in [-0.4, -0.2) is 78.2 Å².